The Hall–Kier alpha value is -1.63. The van der Waals surface area contributed by atoms with Gasteiger partial charge in [0.05, 0.1) is 6.54 Å². The second kappa shape index (κ2) is 4.93. The number of halogens is 3. The molecule has 3 nitrogen and oxygen atoms in total. The van der Waals surface area contributed by atoms with Crippen LogP contribution in [0.5, 0.6) is 0 Å². The van der Waals surface area contributed by atoms with E-state index in [2.05, 4.69) is 15.5 Å². The highest BCUT2D eigenvalue weighted by molar-refractivity contribution is 7.11. The van der Waals surface area contributed by atoms with Crippen LogP contribution >= 0.6 is 11.3 Å². The van der Waals surface area contributed by atoms with Gasteiger partial charge in [-0.3, -0.25) is 0 Å². The van der Waals surface area contributed by atoms with Crippen molar-refractivity contribution in [2.75, 3.05) is 5.32 Å². The minimum Gasteiger partial charge on any atom is -0.364 e. The first kappa shape index (κ1) is 12.8. The lowest BCUT2D eigenvalue weighted by molar-refractivity contribution is -0.141. The van der Waals surface area contributed by atoms with Crippen LogP contribution in [0.15, 0.2) is 24.3 Å². The minimum absolute atomic E-state index is 0.328. The van der Waals surface area contributed by atoms with Crippen LogP contribution in [0.3, 0.4) is 0 Å². The number of rotatable bonds is 3. The Kier molecular flexibility index (Phi) is 3.51. The van der Waals surface area contributed by atoms with Crippen LogP contribution in [0.2, 0.25) is 0 Å². The van der Waals surface area contributed by atoms with Crippen LogP contribution in [-0.2, 0) is 12.7 Å². The van der Waals surface area contributed by atoms with E-state index in [-0.39, 0.29) is 0 Å². The average molecular weight is 273 g/mol. The Bertz CT molecular complexity index is 519. The summed E-state index contributed by atoms with van der Waals surface area (Å²) in [7, 11) is 0. The van der Waals surface area contributed by atoms with Crippen molar-refractivity contribution in [2.45, 2.75) is 19.6 Å². The first-order chi connectivity index (χ1) is 8.45. The van der Waals surface area contributed by atoms with E-state index >= 15 is 0 Å². The molecule has 0 saturated heterocycles. The zero-order valence-corrected chi connectivity index (χ0v) is 10.3. The van der Waals surface area contributed by atoms with Gasteiger partial charge in [-0.15, -0.1) is 21.5 Å². The zero-order chi connectivity index (χ0) is 13.2. The maximum Gasteiger partial charge on any atom is 0.435 e. The van der Waals surface area contributed by atoms with Gasteiger partial charge < -0.3 is 5.32 Å². The molecule has 2 rings (SSSR count). The molecule has 0 aliphatic carbocycles. The first-order valence-corrected chi connectivity index (χ1v) is 5.97. The smallest absolute Gasteiger partial charge is 0.364 e. The van der Waals surface area contributed by atoms with Crippen molar-refractivity contribution in [2.24, 2.45) is 0 Å². The molecule has 0 aliphatic heterocycles. The number of hydrogen-bond acceptors (Lipinski definition) is 4. The van der Waals surface area contributed by atoms with Gasteiger partial charge in [-0.25, -0.2) is 0 Å². The monoisotopic (exact) mass is 273 g/mol. The Balaban J connectivity index is 1.98. The van der Waals surface area contributed by atoms with Gasteiger partial charge in [0.2, 0.25) is 0 Å². The molecule has 0 aliphatic rings. The molecule has 7 heteroatoms. The zero-order valence-electron chi connectivity index (χ0n) is 9.45. The Morgan fingerprint density at radius 2 is 1.94 bits per heavy atom. The van der Waals surface area contributed by atoms with E-state index in [9.17, 15) is 13.2 Å². The van der Waals surface area contributed by atoms with Crippen molar-refractivity contribution in [1.29, 1.82) is 0 Å². The van der Waals surface area contributed by atoms with E-state index in [1.54, 1.807) is 11.3 Å². The van der Waals surface area contributed by atoms with Crippen LogP contribution in [0.1, 0.15) is 15.4 Å². The molecule has 0 amide bonds. The lowest BCUT2D eigenvalue weighted by Gasteiger charge is -2.06. The van der Waals surface area contributed by atoms with E-state index in [1.807, 2.05) is 19.1 Å². The quantitative estimate of drug-likeness (QED) is 0.930. The first-order valence-electron chi connectivity index (χ1n) is 5.15. The summed E-state index contributed by atoms with van der Waals surface area (Å²) in [6.45, 7) is 2.52. The molecule has 2 aromatic rings. The molecule has 0 radical (unpaired) electrons. The summed E-state index contributed by atoms with van der Waals surface area (Å²) in [5.41, 5.74) is -0.986. The van der Waals surface area contributed by atoms with E-state index < -0.39 is 11.9 Å². The van der Waals surface area contributed by atoms with Crippen molar-refractivity contribution in [3.8, 4) is 0 Å². The van der Waals surface area contributed by atoms with Gasteiger partial charge in [-0.05, 0) is 31.2 Å². The number of aromatic nitrogens is 2. The van der Waals surface area contributed by atoms with E-state index in [0.717, 1.165) is 10.9 Å². The number of nitrogens with zero attached hydrogens (tertiary/aromatic N) is 2. The third-order valence-electron chi connectivity index (χ3n) is 2.19. The molecule has 0 saturated carbocycles. The third kappa shape index (κ3) is 3.19. The standard InChI is InChI=1S/C11H10F3N3S/c1-7-2-3-8(18-7)6-15-10-5-4-9(16-17-10)11(12,13)14/h2-5H,6H2,1H3,(H,15,17). The molecule has 0 unspecified atom stereocenters. The molecule has 2 heterocycles. The van der Waals surface area contributed by atoms with Crippen molar-refractivity contribution in [1.82, 2.24) is 10.2 Å². The summed E-state index contributed by atoms with van der Waals surface area (Å²) in [6, 6.07) is 6.13. The second-order valence-corrected chi connectivity index (χ2v) is 5.04. The van der Waals surface area contributed by atoms with Gasteiger partial charge in [0.25, 0.3) is 0 Å². The van der Waals surface area contributed by atoms with Crippen LogP contribution < -0.4 is 5.32 Å². The number of nitrogens with one attached hydrogen (secondary N) is 1. The minimum atomic E-state index is -4.45. The number of aryl methyl sites for hydroxylation is 1. The number of anilines is 1. The molecular weight excluding hydrogens is 263 g/mol. The SMILES string of the molecule is Cc1ccc(CNc2ccc(C(F)(F)F)nn2)s1. The van der Waals surface area contributed by atoms with Crippen molar-refractivity contribution < 1.29 is 13.2 Å². The summed E-state index contributed by atoms with van der Waals surface area (Å²) >= 11 is 1.62. The summed E-state index contributed by atoms with van der Waals surface area (Å²) in [5.74, 6) is 0.328. The lowest BCUT2D eigenvalue weighted by atomic mass is 10.3. The van der Waals surface area contributed by atoms with E-state index in [4.69, 9.17) is 0 Å². The molecule has 96 valence electrons. The van der Waals surface area contributed by atoms with Gasteiger partial charge in [0.1, 0.15) is 5.82 Å². The Labute approximate surface area is 106 Å². The van der Waals surface area contributed by atoms with Crippen molar-refractivity contribution in [3.63, 3.8) is 0 Å². The number of hydrogen-bond donors (Lipinski definition) is 1. The molecule has 0 atom stereocenters. The van der Waals surface area contributed by atoms with Gasteiger partial charge in [-0.2, -0.15) is 13.2 Å². The Morgan fingerprint density at radius 1 is 1.17 bits per heavy atom. The molecule has 0 fully saturated rings. The highest BCUT2D eigenvalue weighted by Gasteiger charge is 2.32. The highest BCUT2D eigenvalue weighted by Crippen LogP contribution is 2.27. The number of alkyl halides is 3. The van der Waals surface area contributed by atoms with Crippen LogP contribution in [-0.4, -0.2) is 10.2 Å². The molecule has 0 bridgehead atoms. The summed E-state index contributed by atoms with van der Waals surface area (Å²) in [4.78, 5) is 2.28. The van der Waals surface area contributed by atoms with Crippen LogP contribution in [0, 0.1) is 6.92 Å². The average Bonchev–Trinajstić information content (AvgIpc) is 2.72. The van der Waals surface area contributed by atoms with E-state index in [0.29, 0.717) is 12.4 Å². The van der Waals surface area contributed by atoms with Gasteiger partial charge >= 0.3 is 6.18 Å². The fourth-order valence-corrected chi connectivity index (χ4v) is 2.17. The molecule has 0 aromatic carbocycles. The number of thiophene rings is 1. The highest BCUT2D eigenvalue weighted by atomic mass is 32.1. The maximum atomic E-state index is 12.3. The van der Waals surface area contributed by atoms with E-state index in [1.165, 1.54) is 10.9 Å². The fraction of sp³-hybridized carbons (Fsp3) is 0.273. The third-order valence-corrected chi connectivity index (χ3v) is 3.20. The fourth-order valence-electron chi connectivity index (χ4n) is 1.34. The predicted molar refractivity (Wildman–Crippen MR) is 63.4 cm³/mol. The maximum absolute atomic E-state index is 12.3. The molecule has 2 aromatic heterocycles. The van der Waals surface area contributed by atoms with Crippen molar-refractivity contribution in [3.05, 3.63) is 39.7 Å². The van der Waals surface area contributed by atoms with Crippen molar-refractivity contribution >= 4 is 17.2 Å². The van der Waals surface area contributed by atoms with Gasteiger partial charge in [0.15, 0.2) is 5.69 Å². The normalized spacial score (nSPS) is 11.6. The summed E-state index contributed by atoms with van der Waals surface area (Å²) in [6.07, 6.45) is -4.45. The summed E-state index contributed by atoms with van der Waals surface area (Å²) in [5, 5.41) is 9.55. The summed E-state index contributed by atoms with van der Waals surface area (Å²) < 4.78 is 36.8. The molecule has 0 spiro atoms. The van der Waals surface area contributed by atoms with Gasteiger partial charge in [0, 0.05) is 9.75 Å². The van der Waals surface area contributed by atoms with Gasteiger partial charge in [-0.1, -0.05) is 0 Å². The van der Waals surface area contributed by atoms with Crippen LogP contribution in [0.25, 0.3) is 0 Å². The Morgan fingerprint density at radius 3 is 2.44 bits per heavy atom. The predicted octanol–water partition coefficient (Wildman–Crippen LogP) is 3.48. The van der Waals surface area contributed by atoms with Crippen LogP contribution in [0.4, 0.5) is 19.0 Å². The molecular formula is C11H10F3N3S. The largest absolute Gasteiger partial charge is 0.435 e. The lowest BCUT2D eigenvalue weighted by Crippen LogP contribution is -2.10. The topological polar surface area (TPSA) is 37.8 Å². The second-order valence-electron chi connectivity index (χ2n) is 3.67. The molecule has 1 N–H and O–H groups in total. The molecule has 18 heavy (non-hydrogen) atoms.